The molecule has 1 aromatic heterocycles. The number of likely N-dealkylation sites (N-methyl/N-ethyl adjacent to an activating group) is 1. The van der Waals surface area contributed by atoms with Gasteiger partial charge in [-0.3, -0.25) is 4.79 Å². The van der Waals surface area contributed by atoms with Crippen LogP contribution < -0.4 is 4.90 Å². The summed E-state index contributed by atoms with van der Waals surface area (Å²) in [5.41, 5.74) is 0.330. The minimum Gasteiger partial charge on any atom is -0.352 e. The lowest BCUT2D eigenvalue weighted by molar-refractivity contribution is 0.112. The minimum absolute atomic E-state index is 0.194. The highest BCUT2D eigenvalue weighted by molar-refractivity contribution is 6.32. The topological polar surface area (TPSA) is 46.1 Å². The highest BCUT2D eigenvalue weighted by atomic mass is 35.5. The van der Waals surface area contributed by atoms with Gasteiger partial charge >= 0.3 is 0 Å². The summed E-state index contributed by atoms with van der Waals surface area (Å²) >= 11 is 5.90. The van der Waals surface area contributed by atoms with Gasteiger partial charge in [0.15, 0.2) is 6.29 Å². The predicted molar refractivity (Wildman–Crippen MR) is 65.3 cm³/mol. The fourth-order valence-corrected chi connectivity index (χ4v) is 1.65. The van der Waals surface area contributed by atoms with Gasteiger partial charge in [-0.1, -0.05) is 17.7 Å². The van der Waals surface area contributed by atoms with Crippen molar-refractivity contribution in [1.82, 2.24) is 9.97 Å². The summed E-state index contributed by atoms with van der Waals surface area (Å²) in [6, 6.07) is 0. The summed E-state index contributed by atoms with van der Waals surface area (Å²) in [6.45, 7) is 8.72. The minimum atomic E-state index is 0.194. The molecule has 0 atom stereocenters. The number of rotatable bonds is 5. The predicted octanol–water partition coefficient (Wildman–Crippen LogP) is 2.26. The molecule has 0 aliphatic heterocycles. The van der Waals surface area contributed by atoms with E-state index in [2.05, 4.69) is 16.5 Å². The Morgan fingerprint density at radius 2 is 2.19 bits per heavy atom. The molecule has 0 amide bonds. The maximum Gasteiger partial charge on any atom is 0.156 e. The van der Waals surface area contributed by atoms with Crippen LogP contribution in [0, 0.1) is 6.92 Å². The largest absolute Gasteiger partial charge is 0.352 e. The number of nitrogens with zero attached hydrogens (tertiary/aromatic N) is 3. The van der Waals surface area contributed by atoms with Crippen LogP contribution >= 0.6 is 11.6 Å². The first-order valence-corrected chi connectivity index (χ1v) is 5.37. The number of aromatic nitrogens is 2. The van der Waals surface area contributed by atoms with Crippen molar-refractivity contribution in [2.24, 2.45) is 0 Å². The maximum atomic E-state index is 11.0. The molecule has 0 fully saturated rings. The third-order valence-electron chi connectivity index (χ3n) is 2.14. The van der Waals surface area contributed by atoms with Crippen LogP contribution in [0.2, 0.25) is 5.15 Å². The van der Waals surface area contributed by atoms with E-state index in [1.54, 1.807) is 13.0 Å². The molecule has 0 aromatic carbocycles. The molecule has 0 aliphatic rings. The van der Waals surface area contributed by atoms with E-state index in [-0.39, 0.29) is 5.15 Å². The van der Waals surface area contributed by atoms with Gasteiger partial charge in [0.25, 0.3) is 0 Å². The Bertz CT molecular complexity index is 406. The molecule has 0 aliphatic carbocycles. The number of aldehydes is 1. The van der Waals surface area contributed by atoms with E-state index in [4.69, 9.17) is 11.6 Å². The highest BCUT2D eigenvalue weighted by Gasteiger charge is 2.15. The zero-order valence-corrected chi connectivity index (χ0v) is 10.2. The number of hydrogen-bond acceptors (Lipinski definition) is 4. The quantitative estimate of drug-likeness (QED) is 0.449. The Kier molecular flexibility index (Phi) is 4.43. The van der Waals surface area contributed by atoms with Crippen LogP contribution in [-0.4, -0.2) is 29.3 Å². The molecular formula is C11H14ClN3O. The van der Waals surface area contributed by atoms with E-state index in [1.165, 1.54) is 0 Å². The molecule has 0 unspecified atom stereocenters. The molecular weight excluding hydrogens is 226 g/mol. The van der Waals surface area contributed by atoms with E-state index < -0.39 is 0 Å². The molecule has 0 spiro atoms. The van der Waals surface area contributed by atoms with Crippen molar-refractivity contribution in [1.29, 1.82) is 0 Å². The number of anilines is 1. The Morgan fingerprint density at radius 1 is 1.50 bits per heavy atom. The number of hydrogen-bond donors (Lipinski definition) is 0. The maximum absolute atomic E-state index is 11.0. The number of aryl methyl sites for hydroxylation is 1. The SMILES string of the molecule is C=CCN(CC)c1nc(C)nc(Cl)c1C=O. The van der Waals surface area contributed by atoms with Crippen LogP contribution in [0.3, 0.4) is 0 Å². The monoisotopic (exact) mass is 239 g/mol. The van der Waals surface area contributed by atoms with Crippen molar-refractivity contribution in [3.8, 4) is 0 Å². The standard InChI is InChI=1S/C11H14ClN3O/c1-4-6-15(5-2)11-9(7-16)10(12)13-8(3)14-11/h4,7H,1,5-6H2,2-3H3. The lowest BCUT2D eigenvalue weighted by Gasteiger charge is -2.21. The second kappa shape index (κ2) is 5.61. The lowest BCUT2D eigenvalue weighted by atomic mass is 10.3. The second-order valence-corrected chi connectivity index (χ2v) is 3.60. The van der Waals surface area contributed by atoms with Crippen LogP contribution in [0.5, 0.6) is 0 Å². The Balaban J connectivity index is 3.28. The second-order valence-electron chi connectivity index (χ2n) is 3.24. The molecule has 0 N–H and O–H groups in total. The molecule has 1 aromatic rings. The van der Waals surface area contributed by atoms with Crippen LogP contribution in [0.25, 0.3) is 0 Å². The van der Waals surface area contributed by atoms with Gasteiger partial charge in [0, 0.05) is 13.1 Å². The zero-order chi connectivity index (χ0) is 12.1. The summed E-state index contributed by atoms with van der Waals surface area (Å²) in [5.74, 6) is 1.11. The smallest absolute Gasteiger partial charge is 0.156 e. The van der Waals surface area contributed by atoms with Crippen LogP contribution in [-0.2, 0) is 0 Å². The van der Waals surface area contributed by atoms with Crippen molar-refractivity contribution >= 4 is 23.7 Å². The normalized spacial score (nSPS) is 9.94. The average molecular weight is 240 g/mol. The van der Waals surface area contributed by atoms with Crippen LogP contribution in [0.15, 0.2) is 12.7 Å². The van der Waals surface area contributed by atoms with E-state index in [1.807, 2.05) is 11.8 Å². The van der Waals surface area contributed by atoms with Crippen molar-refractivity contribution in [3.63, 3.8) is 0 Å². The Labute approximate surface area is 100.0 Å². The molecule has 16 heavy (non-hydrogen) atoms. The number of carbonyl (C=O) groups excluding carboxylic acids is 1. The van der Waals surface area contributed by atoms with Gasteiger partial charge < -0.3 is 4.90 Å². The fourth-order valence-electron chi connectivity index (χ4n) is 1.40. The van der Waals surface area contributed by atoms with Crippen molar-refractivity contribution < 1.29 is 4.79 Å². The van der Waals surface area contributed by atoms with Crippen LogP contribution in [0.4, 0.5) is 5.82 Å². The molecule has 0 saturated heterocycles. The first-order valence-electron chi connectivity index (χ1n) is 4.99. The molecule has 0 saturated carbocycles. The molecule has 5 heteroatoms. The highest BCUT2D eigenvalue weighted by Crippen LogP contribution is 2.22. The van der Waals surface area contributed by atoms with Crippen molar-refractivity contribution in [2.45, 2.75) is 13.8 Å². The van der Waals surface area contributed by atoms with Crippen LogP contribution in [0.1, 0.15) is 23.1 Å². The molecule has 1 rings (SSSR count). The summed E-state index contributed by atoms with van der Waals surface area (Å²) in [4.78, 5) is 21.1. The van der Waals surface area contributed by atoms with Gasteiger partial charge in [0.1, 0.15) is 16.8 Å². The third-order valence-corrected chi connectivity index (χ3v) is 2.43. The zero-order valence-electron chi connectivity index (χ0n) is 9.40. The average Bonchev–Trinajstić information content (AvgIpc) is 2.25. The van der Waals surface area contributed by atoms with Gasteiger partial charge in [-0.2, -0.15) is 0 Å². The molecule has 0 bridgehead atoms. The van der Waals surface area contributed by atoms with Gasteiger partial charge in [-0.25, -0.2) is 9.97 Å². The molecule has 86 valence electrons. The van der Waals surface area contributed by atoms with E-state index in [0.717, 1.165) is 6.54 Å². The lowest BCUT2D eigenvalue weighted by Crippen LogP contribution is -2.25. The van der Waals surface area contributed by atoms with Crippen molar-refractivity contribution in [3.05, 3.63) is 29.2 Å². The van der Waals surface area contributed by atoms with Gasteiger partial charge in [-0.15, -0.1) is 6.58 Å². The van der Waals surface area contributed by atoms with E-state index in [9.17, 15) is 4.79 Å². The summed E-state index contributed by atoms with van der Waals surface area (Å²) in [7, 11) is 0. The summed E-state index contributed by atoms with van der Waals surface area (Å²) in [5, 5.41) is 0.194. The fraction of sp³-hybridized carbons (Fsp3) is 0.364. The van der Waals surface area contributed by atoms with Gasteiger partial charge in [0.05, 0.1) is 5.56 Å². The van der Waals surface area contributed by atoms with Gasteiger partial charge in [-0.05, 0) is 13.8 Å². The molecule has 1 heterocycles. The van der Waals surface area contributed by atoms with E-state index >= 15 is 0 Å². The summed E-state index contributed by atoms with van der Waals surface area (Å²) < 4.78 is 0. The first-order chi connectivity index (χ1) is 7.63. The Hall–Kier alpha value is -1.42. The molecule has 4 nitrogen and oxygen atoms in total. The van der Waals surface area contributed by atoms with Gasteiger partial charge in [0.2, 0.25) is 0 Å². The number of halogens is 1. The Morgan fingerprint density at radius 3 is 2.69 bits per heavy atom. The number of carbonyl (C=O) groups is 1. The van der Waals surface area contributed by atoms with Crippen molar-refractivity contribution in [2.75, 3.05) is 18.0 Å². The molecule has 0 radical (unpaired) electrons. The van der Waals surface area contributed by atoms with E-state index in [0.29, 0.717) is 30.0 Å². The first kappa shape index (κ1) is 12.6. The summed E-state index contributed by atoms with van der Waals surface area (Å²) in [6.07, 6.45) is 2.44. The third kappa shape index (κ3) is 2.58.